The summed E-state index contributed by atoms with van der Waals surface area (Å²) < 4.78 is 0. The maximum atomic E-state index is 2.73. The molecule has 0 aromatic carbocycles. The van der Waals surface area contributed by atoms with Gasteiger partial charge in [-0.2, -0.15) is 0 Å². The lowest BCUT2D eigenvalue weighted by atomic mass is 9.89. The second-order valence-corrected chi connectivity index (χ2v) is 6.54. The summed E-state index contributed by atoms with van der Waals surface area (Å²) in [5.41, 5.74) is 0.650. The summed E-state index contributed by atoms with van der Waals surface area (Å²) in [7, 11) is 0. The van der Waals surface area contributed by atoms with Gasteiger partial charge in [-0.15, -0.1) is 0 Å². The number of rotatable bonds is 9. The van der Waals surface area contributed by atoms with E-state index >= 15 is 0 Å². The first kappa shape index (κ1) is 17.0. The highest BCUT2D eigenvalue weighted by Gasteiger charge is 2.34. The van der Waals surface area contributed by atoms with Gasteiger partial charge in [0.2, 0.25) is 0 Å². The molecule has 0 heterocycles. The minimum atomic E-state index is 0.325. The Morgan fingerprint density at radius 2 is 1.18 bits per heavy atom. The van der Waals surface area contributed by atoms with Gasteiger partial charge in [-0.1, -0.05) is 40.0 Å². The van der Waals surface area contributed by atoms with Crippen molar-refractivity contribution in [3.05, 3.63) is 0 Å². The SMILES string of the molecule is CCCCCCN(C(C)(C)CC)C(C)(C)CC. The topological polar surface area (TPSA) is 3.24 Å². The van der Waals surface area contributed by atoms with E-state index in [-0.39, 0.29) is 0 Å². The zero-order valence-corrected chi connectivity index (χ0v) is 13.4. The summed E-state index contributed by atoms with van der Waals surface area (Å²) >= 11 is 0. The number of unbranched alkanes of at least 4 members (excludes halogenated alkanes) is 3. The maximum Gasteiger partial charge on any atom is 0.0155 e. The normalized spacial score (nSPS) is 13.4. The lowest BCUT2D eigenvalue weighted by molar-refractivity contribution is 0.00965. The highest BCUT2D eigenvalue weighted by molar-refractivity contribution is 4.90. The smallest absolute Gasteiger partial charge is 0.0155 e. The molecule has 1 heteroatoms. The summed E-state index contributed by atoms with van der Waals surface area (Å²) in [6.45, 7) is 17.7. The van der Waals surface area contributed by atoms with Crippen molar-refractivity contribution < 1.29 is 0 Å². The number of hydrogen-bond donors (Lipinski definition) is 0. The summed E-state index contributed by atoms with van der Waals surface area (Å²) in [6, 6.07) is 0. The standard InChI is InChI=1S/C16H35N/c1-8-11-12-13-14-17(15(4,5)9-2)16(6,7)10-3/h8-14H2,1-7H3. The van der Waals surface area contributed by atoms with E-state index in [1.165, 1.54) is 45.1 Å². The molecule has 0 aromatic heterocycles. The number of nitrogens with zero attached hydrogens (tertiary/aromatic N) is 1. The zero-order valence-electron chi connectivity index (χ0n) is 13.4. The van der Waals surface area contributed by atoms with Gasteiger partial charge in [-0.05, 0) is 53.5 Å². The molecule has 0 amide bonds. The predicted molar refractivity (Wildman–Crippen MR) is 79.6 cm³/mol. The van der Waals surface area contributed by atoms with Gasteiger partial charge in [-0.3, -0.25) is 4.90 Å². The van der Waals surface area contributed by atoms with Crippen LogP contribution in [0.1, 0.15) is 87.0 Å². The lowest BCUT2D eigenvalue weighted by Gasteiger charge is -2.48. The van der Waals surface area contributed by atoms with Gasteiger partial charge in [0.05, 0.1) is 0 Å². The molecule has 17 heavy (non-hydrogen) atoms. The lowest BCUT2D eigenvalue weighted by Crippen LogP contribution is -2.55. The molecule has 0 unspecified atom stereocenters. The molecule has 0 radical (unpaired) electrons. The summed E-state index contributed by atoms with van der Waals surface area (Å²) in [5.74, 6) is 0. The van der Waals surface area contributed by atoms with Gasteiger partial charge < -0.3 is 0 Å². The predicted octanol–water partition coefficient (Wildman–Crippen LogP) is 5.25. The molecule has 0 bridgehead atoms. The maximum absolute atomic E-state index is 2.73. The van der Waals surface area contributed by atoms with Crippen LogP contribution in [0.15, 0.2) is 0 Å². The molecule has 0 fully saturated rings. The van der Waals surface area contributed by atoms with E-state index in [4.69, 9.17) is 0 Å². The summed E-state index contributed by atoms with van der Waals surface area (Å²) in [4.78, 5) is 2.73. The van der Waals surface area contributed by atoms with E-state index in [9.17, 15) is 0 Å². The minimum Gasteiger partial charge on any atom is -0.293 e. The minimum absolute atomic E-state index is 0.325. The van der Waals surface area contributed by atoms with Crippen molar-refractivity contribution in [2.75, 3.05) is 6.54 Å². The molecule has 0 saturated heterocycles. The molecule has 0 atom stereocenters. The fraction of sp³-hybridized carbons (Fsp3) is 1.00. The third kappa shape index (κ3) is 5.42. The fourth-order valence-corrected chi connectivity index (χ4v) is 2.50. The van der Waals surface area contributed by atoms with E-state index in [0.717, 1.165) is 0 Å². The average molecular weight is 241 g/mol. The first-order valence-electron chi connectivity index (χ1n) is 7.59. The quantitative estimate of drug-likeness (QED) is 0.499. The molecule has 0 saturated carbocycles. The van der Waals surface area contributed by atoms with Gasteiger partial charge >= 0.3 is 0 Å². The zero-order chi connectivity index (χ0) is 13.5. The van der Waals surface area contributed by atoms with Crippen molar-refractivity contribution in [1.82, 2.24) is 4.90 Å². The van der Waals surface area contributed by atoms with E-state index in [1.54, 1.807) is 0 Å². The van der Waals surface area contributed by atoms with E-state index in [2.05, 4.69) is 53.4 Å². The third-order valence-corrected chi connectivity index (χ3v) is 4.43. The second-order valence-electron chi connectivity index (χ2n) is 6.54. The van der Waals surface area contributed by atoms with Crippen LogP contribution in [-0.2, 0) is 0 Å². The molecule has 104 valence electrons. The molecule has 0 aromatic rings. The molecule has 0 aliphatic heterocycles. The fourth-order valence-electron chi connectivity index (χ4n) is 2.50. The van der Waals surface area contributed by atoms with E-state index in [0.29, 0.717) is 11.1 Å². The van der Waals surface area contributed by atoms with Crippen LogP contribution in [0.5, 0.6) is 0 Å². The monoisotopic (exact) mass is 241 g/mol. The van der Waals surface area contributed by atoms with Crippen LogP contribution >= 0.6 is 0 Å². The number of hydrogen-bond acceptors (Lipinski definition) is 1. The van der Waals surface area contributed by atoms with Gasteiger partial charge in [0.25, 0.3) is 0 Å². The molecule has 0 aliphatic rings. The Hall–Kier alpha value is -0.0400. The Kier molecular flexibility index (Phi) is 7.39. The van der Waals surface area contributed by atoms with Crippen LogP contribution in [-0.4, -0.2) is 22.5 Å². The van der Waals surface area contributed by atoms with Crippen LogP contribution in [0.4, 0.5) is 0 Å². The van der Waals surface area contributed by atoms with Crippen molar-refractivity contribution >= 4 is 0 Å². The first-order chi connectivity index (χ1) is 7.81. The van der Waals surface area contributed by atoms with Crippen LogP contribution in [0.2, 0.25) is 0 Å². The van der Waals surface area contributed by atoms with Crippen molar-refractivity contribution in [2.24, 2.45) is 0 Å². The first-order valence-corrected chi connectivity index (χ1v) is 7.59. The van der Waals surface area contributed by atoms with Crippen LogP contribution in [0.3, 0.4) is 0 Å². The van der Waals surface area contributed by atoms with Gasteiger partial charge in [-0.25, -0.2) is 0 Å². The molecular weight excluding hydrogens is 206 g/mol. The van der Waals surface area contributed by atoms with Crippen molar-refractivity contribution in [3.63, 3.8) is 0 Å². The Balaban J connectivity index is 4.53. The average Bonchev–Trinajstić information content (AvgIpc) is 2.28. The van der Waals surface area contributed by atoms with Crippen LogP contribution in [0.25, 0.3) is 0 Å². The Labute approximate surface area is 110 Å². The molecule has 0 rings (SSSR count). The van der Waals surface area contributed by atoms with Crippen molar-refractivity contribution in [2.45, 2.75) is 98.1 Å². The highest BCUT2D eigenvalue weighted by atomic mass is 15.2. The van der Waals surface area contributed by atoms with Crippen molar-refractivity contribution in [1.29, 1.82) is 0 Å². The van der Waals surface area contributed by atoms with E-state index in [1.807, 2.05) is 0 Å². The summed E-state index contributed by atoms with van der Waals surface area (Å²) in [6.07, 6.45) is 7.89. The second kappa shape index (κ2) is 7.41. The molecular formula is C16H35N. The molecule has 0 spiro atoms. The Bertz CT molecular complexity index is 178. The molecule has 1 nitrogen and oxygen atoms in total. The summed E-state index contributed by atoms with van der Waals surface area (Å²) in [5, 5.41) is 0. The van der Waals surface area contributed by atoms with Crippen LogP contribution in [0, 0.1) is 0 Å². The van der Waals surface area contributed by atoms with Gasteiger partial charge in [0.15, 0.2) is 0 Å². The van der Waals surface area contributed by atoms with Crippen LogP contribution < -0.4 is 0 Å². The van der Waals surface area contributed by atoms with Gasteiger partial charge in [0.1, 0.15) is 0 Å². The van der Waals surface area contributed by atoms with E-state index < -0.39 is 0 Å². The van der Waals surface area contributed by atoms with Gasteiger partial charge in [0, 0.05) is 11.1 Å². The molecule has 0 N–H and O–H groups in total. The largest absolute Gasteiger partial charge is 0.293 e. The third-order valence-electron chi connectivity index (χ3n) is 4.43. The Morgan fingerprint density at radius 1 is 0.706 bits per heavy atom. The Morgan fingerprint density at radius 3 is 1.53 bits per heavy atom. The highest BCUT2D eigenvalue weighted by Crippen LogP contribution is 2.30. The molecule has 0 aliphatic carbocycles. The van der Waals surface area contributed by atoms with Crippen molar-refractivity contribution in [3.8, 4) is 0 Å².